The van der Waals surface area contributed by atoms with Crippen molar-refractivity contribution in [2.45, 2.75) is 27.2 Å². The van der Waals surface area contributed by atoms with Crippen LogP contribution in [0.4, 0.5) is 0 Å². The van der Waals surface area contributed by atoms with Crippen LogP contribution in [0, 0.1) is 4.77 Å². The molecule has 0 aliphatic carbocycles. The van der Waals surface area contributed by atoms with E-state index in [1.165, 1.54) is 0 Å². The van der Waals surface area contributed by atoms with E-state index in [0.29, 0.717) is 42.7 Å². The molecule has 0 bridgehead atoms. The molecule has 0 amide bonds. The first kappa shape index (κ1) is 23.3. The Morgan fingerprint density at radius 1 is 0.906 bits per heavy atom. The summed E-state index contributed by atoms with van der Waals surface area (Å²) >= 11 is 5.22. The second kappa shape index (κ2) is 11.9. The Kier molecular flexibility index (Phi) is 8.68. The van der Waals surface area contributed by atoms with Gasteiger partial charge in [0.1, 0.15) is 24.7 Å². The molecule has 0 spiro atoms. The van der Waals surface area contributed by atoms with Gasteiger partial charge in [0.25, 0.3) is 0 Å². The molecular formula is C23H28N4O4S. The SMILES string of the molecule is CCOc1ccc(OCCOc2ccc(/C=N/n3c(CC)n[nH]c3=S)cc2OCC)cc1. The standard InChI is InChI=1S/C23H28N4O4S/c1-4-22-25-26-23(32)27(22)24-16-17-7-12-20(21(15-17)29-6-3)31-14-13-30-19-10-8-18(9-11-19)28-5-2/h7-12,15-16H,4-6,13-14H2,1-3H3,(H,26,32)/b24-16+. The third kappa shape index (κ3) is 6.34. The summed E-state index contributed by atoms with van der Waals surface area (Å²) in [7, 11) is 0. The molecule has 1 N–H and O–H groups in total. The predicted octanol–water partition coefficient (Wildman–Crippen LogP) is 4.64. The van der Waals surface area contributed by atoms with Gasteiger partial charge in [-0.1, -0.05) is 6.92 Å². The van der Waals surface area contributed by atoms with Gasteiger partial charge < -0.3 is 18.9 Å². The van der Waals surface area contributed by atoms with Crippen LogP contribution in [0.5, 0.6) is 23.0 Å². The first-order chi connectivity index (χ1) is 15.6. The molecule has 0 saturated heterocycles. The zero-order valence-electron chi connectivity index (χ0n) is 18.5. The molecule has 0 aliphatic heterocycles. The van der Waals surface area contributed by atoms with Crippen molar-refractivity contribution in [3.8, 4) is 23.0 Å². The van der Waals surface area contributed by atoms with Gasteiger partial charge in [-0.3, -0.25) is 5.10 Å². The van der Waals surface area contributed by atoms with E-state index in [4.69, 9.17) is 31.2 Å². The molecule has 0 atom stereocenters. The van der Waals surface area contributed by atoms with E-state index in [1.807, 2.05) is 63.2 Å². The van der Waals surface area contributed by atoms with E-state index in [9.17, 15) is 0 Å². The number of H-pyrrole nitrogens is 1. The largest absolute Gasteiger partial charge is 0.494 e. The van der Waals surface area contributed by atoms with Gasteiger partial charge >= 0.3 is 0 Å². The summed E-state index contributed by atoms with van der Waals surface area (Å²) in [6.45, 7) is 7.82. The fourth-order valence-electron chi connectivity index (χ4n) is 2.90. The number of nitrogens with zero attached hydrogens (tertiary/aromatic N) is 3. The van der Waals surface area contributed by atoms with Crippen molar-refractivity contribution in [3.05, 3.63) is 58.6 Å². The van der Waals surface area contributed by atoms with Crippen LogP contribution in [0.3, 0.4) is 0 Å². The van der Waals surface area contributed by atoms with E-state index in [-0.39, 0.29) is 0 Å². The summed E-state index contributed by atoms with van der Waals surface area (Å²) < 4.78 is 24.9. The zero-order valence-corrected chi connectivity index (χ0v) is 19.4. The van der Waals surface area contributed by atoms with Crippen LogP contribution < -0.4 is 18.9 Å². The summed E-state index contributed by atoms with van der Waals surface area (Å²) in [5, 5.41) is 11.3. The van der Waals surface area contributed by atoms with Crippen molar-refractivity contribution >= 4 is 18.4 Å². The molecular weight excluding hydrogens is 428 g/mol. The molecule has 1 heterocycles. The lowest BCUT2D eigenvalue weighted by Gasteiger charge is -2.13. The van der Waals surface area contributed by atoms with E-state index >= 15 is 0 Å². The smallest absolute Gasteiger partial charge is 0.216 e. The molecule has 0 radical (unpaired) electrons. The highest BCUT2D eigenvalue weighted by atomic mass is 32.1. The predicted molar refractivity (Wildman–Crippen MR) is 126 cm³/mol. The van der Waals surface area contributed by atoms with Gasteiger partial charge in [0, 0.05) is 6.42 Å². The summed E-state index contributed by atoms with van der Waals surface area (Å²) in [6, 6.07) is 13.2. The second-order valence-corrected chi connectivity index (χ2v) is 6.98. The van der Waals surface area contributed by atoms with Gasteiger partial charge in [-0.15, -0.1) is 0 Å². The van der Waals surface area contributed by atoms with Gasteiger partial charge in [0.2, 0.25) is 4.77 Å². The summed E-state index contributed by atoms with van der Waals surface area (Å²) in [5.41, 5.74) is 0.858. The van der Waals surface area contributed by atoms with Gasteiger partial charge in [-0.25, -0.2) is 0 Å². The molecule has 1 aromatic heterocycles. The number of ether oxygens (including phenoxy) is 4. The number of hydrogen-bond donors (Lipinski definition) is 1. The highest BCUT2D eigenvalue weighted by Gasteiger charge is 2.07. The van der Waals surface area contributed by atoms with E-state index < -0.39 is 0 Å². The lowest BCUT2D eigenvalue weighted by Crippen LogP contribution is -2.10. The minimum Gasteiger partial charge on any atom is -0.494 e. The molecule has 0 fully saturated rings. The Morgan fingerprint density at radius 3 is 2.28 bits per heavy atom. The Bertz CT molecular complexity index is 1080. The quantitative estimate of drug-likeness (QED) is 0.243. The maximum absolute atomic E-state index is 5.88. The van der Waals surface area contributed by atoms with Crippen LogP contribution in [0.25, 0.3) is 0 Å². The van der Waals surface area contributed by atoms with Gasteiger partial charge in [0.05, 0.1) is 19.4 Å². The third-order valence-electron chi connectivity index (χ3n) is 4.37. The van der Waals surface area contributed by atoms with Crippen LogP contribution in [-0.4, -0.2) is 47.5 Å². The molecule has 170 valence electrons. The fraction of sp³-hybridized carbons (Fsp3) is 0.348. The lowest BCUT2D eigenvalue weighted by atomic mass is 10.2. The average molecular weight is 457 g/mol. The van der Waals surface area contributed by atoms with E-state index in [1.54, 1.807) is 10.9 Å². The number of aromatic nitrogens is 3. The molecule has 3 aromatic rings. The third-order valence-corrected chi connectivity index (χ3v) is 4.63. The van der Waals surface area contributed by atoms with Crippen molar-refractivity contribution in [1.82, 2.24) is 14.9 Å². The Hall–Kier alpha value is -3.33. The molecule has 2 aromatic carbocycles. The van der Waals surface area contributed by atoms with Crippen molar-refractivity contribution in [2.24, 2.45) is 5.10 Å². The lowest BCUT2D eigenvalue weighted by molar-refractivity contribution is 0.208. The number of aryl methyl sites for hydroxylation is 1. The molecule has 9 heteroatoms. The highest BCUT2D eigenvalue weighted by Crippen LogP contribution is 2.28. The van der Waals surface area contributed by atoms with Gasteiger partial charge in [0.15, 0.2) is 17.3 Å². The van der Waals surface area contributed by atoms with E-state index in [2.05, 4.69) is 15.3 Å². The normalized spacial score (nSPS) is 11.0. The topological polar surface area (TPSA) is 82.9 Å². The number of benzene rings is 2. The molecule has 3 rings (SSSR count). The number of nitrogens with one attached hydrogen (secondary N) is 1. The molecule has 32 heavy (non-hydrogen) atoms. The highest BCUT2D eigenvalue weighted by molar-refractivity contribution is 7.71. The summed E-state index contributed by atoms with van der Waals surface area (Å²) in [4.78, 5) is 0. The molecule has 0 unspecified atom stereocenters. The van der Waals surface area contributed by atoms with Gasteiger partial charge in [-0.2, -0.15) is 14.9 Å². The Labute approximate surface area is 192 Å². The van der Waals surface area contributed by atoms with Crippen LogP contribution in [-0.2, 0) is 6.42 Å². The number of rotatable bonds is 12. The maximum Gasteiger partial charge on any atom is 0.216 e. The summed E-state index contributed by atoms with van der Waals surface area (Å²) in [5.74, 6) is 3.64. The maximum atomic E-state index is 5.88. The first-order valence-corrected chi connectivity index (χ1v) is 11.0. The van der Waals surface area contributed by atoms with Crippen LogP contribution in [0.15, 0.2) is 47.6 Å². The first-order valence-electron chi connectivity index (χ1n) is 10.6. The fourth-order valence-corrected chi connectivity index (χ4v) is 3.10. The van der Waals surface area contributed by atoms with Gasteiger partial charge in [-0.05, 0) is 74.1 Å². The van der Waals surface area contributed by atoms with E-state index in [0.717, 1.165) is 29.3 Å². The zero-order chi connectivity index (χ0) is 22.8. The summed E-state index contributed by atoms with van der Waals surface area (Å²) in [6.07, 6.45) is 2.44. The number of aromatic amines is 1. The van der Waals surface area contributed by atoms with Crippen molar-refractivity contribution in [1.29, 1.82) is 0 Å². The minimum atomic E-state index is 0.380. The molecule has 0 saturated carbocycles. The Morgan fingerprint density at radius 2 is 1.59 bits per heavy atom. The molecule has 0 aliphatic rings. The van der Waals surface area contributed by atoms with Crippen molar-refractivity contribution in [2.75, 3.05) is 26.4 Å². The Balaban J connectivity index is 1.59. The molecule has 8 nitrogen and oxygen atoms in total. The average Bonchev–Trinajstić information content (AvgIpc) is 3.17. The minimum absolute atomic E-state index is 0.380. The second-order valence-electron chi connectivity index (χ2n) is 6.60. The van der Waals surface area contributed by atoms with Crippen LogP contribution in [0.1, 0.15) is 32.2 Å². The van der Waals surface area contributed by atoms with Crippen molar-refractivity contribution < 1.29 is 18.9 Å². The van der Waals surface area contributed by atoms with Crippen LogP contribution >= 0.6 is 12.2 Å². The van der Waals surface area contributed by atoms with Crippen molar-refractivity contribution in [3.63, 3.8) is 0 Å². The van der Waals surface area contributed by atoms with Crippen LogP contribution in [0.2, 0.25) is 0 Å². The number of hydrogen-bond acceptors (Lipinski definition) is 7. The monoisotopic (exact) mass is 456 g/mol.